The summed E-state index contributed by atoms with van der Waals surface area (Å²) in [5.74, 6) is 0.946. The largest absolute Gasteiger partial charge is 0.383 e. The number of methoxy groups -OCH3 is 1. The third-order valence-corrected chi connectivity index (χ3v) is 4.21. The van der Waals surface area contributed by atoms with Crippen molar-refractivity contribution in [1.82, 2.24) is 29.2 Å². The standard InChI is InChI=1S/C15H22N6O2/c1-15(2)9-21(14(22)12-17-10-19(3)18-12)11(15)13-16-5-6-20(13)7-8-23-4/h5-6,10-11H,7-9H2,1-4H3. The number of aryl methyl sites for hydroxylation is 1. The number of hydrogen-bond donors (Lipinski definition) is 0. The third-order valence-electron chi connectivity index (χ3n) is 4.21. The number of likely N-dealkylation sites (tertiary alicyclic amines) is 1. The Kier molecular flexibility index (Phi) is 3.93. The summed E-state index contributed by atoms with van der Waals surface area (Å²) in [5, 5.41) is 4.12. The minimum atomic E-state index is -0.156. The van der Waals surface area contributed by atoms with Crippen molar-refractivity contribution in [1.29, 1.82) is 0 Å². The van der Waals surface area contributed by atoms with Crippen molar-refractivity contribution < 1.29 is 9.53 Å². The minimum absolute atomic E-state index is 0.0411. The van der Waals surface area contributed by atoms with Gasteiger partial charge in [0.05, 0.1) is 12.6 Å². The molecule has 0 aliphatic carbocycles. The maximum absolute atomic E-state index is 12.7. The zero-order chi connectivity index (χ0) is 16.6. The summed E-state index contributed by atoms with van der Waals surface area (Å²) in [7, 11) is 3.42. The molecule has 0 aromatic carbocycles. The molecular formula is C15H22N6O2. The fraction of sp³-hybridized carbons (Fsp3) is 0.600. The molecule has 3 rings (SSSR count). The molecule has 0 radical (unpaired) electrons. The highest BCUT2D eigenvalue weighted by molar-refractivity contribution is 5.91. The number of rotatable bonds is 5. The molecular weight excluding hydrogens is 296 g/mol. The first-order valence-electron chi connectivity index (χ1n) is 7.60. The lowest BCUT2D eigenvalue weighted by molar-refractivity contribution is -0.0389. The highest BCUT2D eigenvalue weighted by Gasteiger charge is 2.51. The van der Waals surface area contributed by atoms with Gasteiger partial charge in [-0.1, -0.05) is 13.8 Å². The second kappa shape index (κ2) is 5.77. The normalized spacial score (nSPS) is 19.7. The number of carbonyl (C=O) groups excluding carboxylic acids is 1. The van der Waals surface area contributed by atoms with Crippen LogP contribution in [-0.4, -0.2) is 55.4 Å². The Bertz CT molecular complexity index is 704. The number of aromatic nitrogens is 5. The summed E-state index contributed by atoms with van der Waals surface area (Å²) in [6, 6.07) is -0.0920. The zero-order valence-corrected chi connectivity index (χ0v) is 13.9. The molecule has 0 spiro atoms. The smallest absolute Gasteiger partial charge is 0.294 e. The first-order valence-corrected chi connectivity index (χ1v) is 7.60. The summed E-state index contributed by atoms with van der Waals surface area (Å²) in [4.78, 5) is 23.0. The van der Waals surface area contributed by atoms with Gasteiger partial charge in [0.25, 0.3) is 5.91 Å². The number of amides is 1. The molecule has 8 heteroatoms. The molecule has 23 heavy (non-hydrogen) atoms. The maximum Gasteiger partial charge on any atom is 0.294 e. The Morgan fingerprint density at radius 3 is 2.83 bits per heavy atom. The molecule has 1 atom stereocenters. The molecule has 2 aromatic heterocycles. The molecule has 1 saturated heterocycles. The van der Waals surface area contributed by atoms with Gasteiger partial charge in [0.2, 0.25) is 5.82 Å². The number of ether oxygens (including phenoxy) is 1. The SMILES string of the molecule is COCCn1ccnc1C1N(C(=O)c2ncn(C)n2)CC1(C)C. The highest BCUT2D eigenvalue weighted by atomic mass is 16.5. The van der Waals surface area contributed by atoms with Gasteiger partial charge in [-0.3, -0.25) is 9.48 Å². The Hall–Kier alpha value is -2.22. The van der Waals surface area contributed by atoms with Gasteiger partial charge in [-0.15, -0.1) is 5.10 Å². The third kappa shape index (κ3) is 2.74. The fourth-order valence-corrected chi connectivity index (χ4v) is 3.12. The Balaban J connectivity index is 1.86. The van der Waals surface area contributed by atoms with Gasteiger partial charge in [-0.25, -0.2) is 9.97 Å². The van der Waals surface area contributed by atoms with Gasteiger partial charge >= 0.3 is 0 Å². The van der Waals surface area contributed by atoms with Crippen LogP contribution in [0.1, 0.15) is 36.3 Å². The first kappa shape index (κ1) is 15.7. The lowest BCUT2D eigenvalue weighted by atomic mass is 9.74. The lowest BCUT2D eigenvalue weighted by Crippen LogP contribution is -2.58. The highest BCUT2D eigenvalue weighted by Crippen LogP contribution is 2.48. The van der Waals surface area contributed by atoms with Crippen molar-refractivity contribution >= 4 is 5.91 Å². The molecule has 1 aliphatic heterocycles. The van der Waals surface area contributed by atoms with Crippen LogP contribution in [0.25, 0.3) is 0 Å². The van der Waals surface area contributed by atoms with Gasteiger partial charge in [0, 0.05) is 45.1 Å². The molecule has 2 aromatic rings. The predicted molar refractivity (Wildman–Crippen MR) is 82.7 cm³/mol. The molecule has 0 bridgehead atoms. The molecule has 8 nitrogen and oxygen atoms in total. The topological polar surface area (TPSA) is 78.1 Å². The van der Waals surface area contributed by atoms with Crippen LogP contribution in [0.3, 0.4) is 0 Å². The first-order chi connectivity index (χ1) is 10.9. The molecule has 1 fully saturated rings. The van der Waals surface area contributed by atoms with Crippen LogP contribution in [0.4, 0.5) is 0 Å². The molecule has 3 heterocycles. The predicted octanol–water partition coefficient (Wildman–Crippen LogP) is 0.881. The summed E-state index contributed by atoms with van der Waals surface area (Å²) >= 11 is 0. The molecule has 0 saturated carbocycles. The lowest BCUT2D eigenvalue weighted by Gasteiger charge is -2.53. The van der Waals surface area contributed by atoms with Crippen LogP contribution in [0.5, 0.6) is 0 Å². The maximum atomic E-state index is 12.7. The van der Waals surface area contributed by atoms with Crippen LogP contribution in [0, 0.1) is 5.41 Å². The van der Waals surface area contributed by atoms with Crippen LogP contribution in [-0.2, 0) is 18.3 Å². The number of hydrogen-bond acceptors (Lipinski definition) is 5. The van der Waals surface area contributed by atoms with Gasteiger partial charge < -0.3 is 14.2 Å². The van der Waals surface area contributed by atoms with Crippen LogP contribution in [0.15, 0.2) is 18.7 Å². The van der Waals surface area contributed by atoms with Gasteiger partial charge in [0.15, 0.2) is 0 Å². The second-order valence-corrected chi connectivity index (χ2v) is 6.54. The zero-order valence-electron chi connectivity index (χ0n) is 13.9. The minimum Gasteiger partial charge on any atom is -0.383 e. The molecule has 0 N–H and O–H groups in total. The van der Waals surface area contributed by atoms with E-state index in [1.165, 1.54) is 11.0 Å². The van der Waals surface area contributed by atoms with E-state index in [2.05, 4.69) is 28.9 Å². The van der Waals surface area contributed by atoms with E-state index in [1.807, 2.05) is 10.8 Å². The Morgan fingerprint density at radius 2 is 2.22 bits per heavy atom. The van der Waals surface area contributed by atoms with E-state index >= 15 is 0 Å². The Labute approximate surface area is 135 Å². The average molecular weight is 318 g/mol. The molecule has 1 amide bonds. The van der Waals surface area contributed by atoms with Crippen LogP contribution < -0.4 is 0 Å². The van der Waals surface area contributed by atoms with Gasteiger partial charge in [0.1, 0.15) is 12.2 Å². The second-order valence-electron chi connectivity index (χ2n) is 6.54. The summed E-state index contributed by atoms with van der Waals surface area (Å²) in [6.45, 7) is 6.26. The van der Waals surface area contributed by atoms with Gasteiger partial charge in [-0.05, 0) is 0 Å². The average Bonchev–Trinajstić information content (AvgIpc) is 3.11. The van der Waals surface area contributed by atoms with Crippen molar-refractivity contribution in [2.45, 2.75) is 26.4 Å². The number of carbonyl (C=O) groups is 1. The summed E-state index contributed by atoms with van der Waals surface area (Å²) in [5.41, 5.74) is -0.0411. The van der Waals surface area contributed by atoms with Crippen LogP contribution >= 0.6 is 0 Å². The van der Waals surface area contributed by atoms with E-state index in [0.717, 1.165) is 5.82 Å². The molecule has 124 valence electrons. The van der Waals surface area contributed by atoms with Crippen molar-refractivity contribution in [3.8, 4) is 0 Å². The van der Waals surface area contributed by atoms with E-state index in [4.69, 9.17) is 4.74 Å². The molecule has 1 aliphatic rings. The van der Waals surface area contributed by atoms with Gasteiger partial charge in [-0.2, -0.15) is 0 Å². The van der Waals surface area contributed by atoms with Crippen molar-refractivity contribution in [3.05, 3.63) is 30.4 Å². The fourth-order valence-electron chi connectivity index (χ4n) is 3.12. The monoisotopic (exact) mass is 318 g/mol. The van der Waals surface area contributed by atoms with E-state index in [-0.39, 0.29) is 23.2 Å². The van der Waals surface area contributed by atoms with Crippen molar-refractivity contribution in [3.63, 3.8) is 0 Å². The van der Waals surface area contributed by atoms with E-state index in [9.17, 15) is 4.79 Å². The quantitative estimate of drug-likeness (QED) is 0.818. The summed E-state index contributed by atoms with van der Waals surface area (Å²) in [6.07, 6.45) is 5.22. The van der Waals surface area contributed by atoms with E-state index < -0.39 is 0 Å². The van der Waals surface area contributed by atoms with E-state index in [1.54, 1.807) is 25.3 Å². The van der Waals surface area contributed by atoms with E-state index in [0.29, 0.717) is 19.7 Å². The Morgan fingerprint density at radius 1 is 1.43 bits per heavy atom. The molecule has 1 unspecified atom stereocenters. The number of nitrogens with zero attached hydrogens (tertiary/aromatic N) is 6. The summed E-state index contributed by atoms with van der Waals surface area (Å²) < 4.78 is 8.73. The van der Waals surface area contributed by atoms with Crippen molar-refractivity contribution in [2.75, 3.05) is 20.3 Å². The van der Waals surface area contributed by atoms with Crippen LogP contribution in [0.2, 0.25) is 0 Å². The van der Waals surface area contributed by atoms with Crippen molar-refractivity contribution in [2.24, 2.45) is 12.5 Å². The number of imidazole rings is 1.